The van der Waals surface area contributed by atoms with Gasteiger partial charge in [0.25, 0.3) is 0 Å². The number of hydrogen-bond acceptors (Lipinski definition) is 4. The first kappa shape index (κ1) is 17.4. The standard InChI is InChI=1S/C5H9O.Mo.3O.V/c1-2-3-4-5-6;;;;;/h2-4H2,1H3;;;;;/q-1;;;;;. The molecule has 0 aliphatic carbocycles. The molecule has 65 valence electrons. The van der Waals surface area contributed by atoms with Crippen molar-refractivity contribution in [2.75, 3.05) is 0 Å². The van der Waals surface area contributed by atoms with Gasteiger partial charge in [0.2, 0.25) is 0 Å². The van der Waals surface area contributed by atoms with Crippen LogP contribution in [-0.2, 0) is 50.7 Å². The van der Waals surface area contributed by atoms with Crippen LogP contribution in [0.3, 0.4) is 0 Å². The van der Waals surface area contributed by atoms with Crippen LogP contribution in [0.5, 0.6) is 0 Å². The Hall–Kier alpha value is 0.343. The zero-order chi connectivity index (χ0) is 8.41. The van der Waals surface area contributed by atoms with Gasteiger partial charge >= 0.3 is 27.4 Å². The molecule has 6 heteroatoms. The van der Waals surface area contributed by atoms with E-state index in [4.69, 9.17) is 10.2 Å². The molecular formula is C5H9MoO4V-. The molecule has 0 fully saturated rings. The van der Waals surface area contributed by atoms with E-state index >= 15 is 0 Å². The van der Waals surface area contributed by atoms with E-state index in [2.05, 4.69) is 6.92 Å². The molecule has 0 unspecified atom stereocenters. The molecule has 0 amide bonds. The largest absolute Gasteiger partial charge is 0 e. The minimum absolute atomic E-state index is 0. The molecule has 0 aromatic carbocycles. The average Bonchev–Trinajstić information content (AvgIpc) is 1.82. The fourth-order valence-corrected chi connectivity index (χ4v) is 0.249. The van der Waals surface area contributed by atoms with Gasteiger partial charge in [0.05, 0.1) is 0 Å². The Morgan fingerprint density at radius 2 is 1.64 bits per heavy atom. The van der Waals surface area contributed by atoms with Gasteiger partial charge in [-0.25, -0.2) is 0 Å². The molecule has 0 bridgehead atoms. The molecule has 11 heavy (non-hydrogen) atoms. The van der Waals surface area contributed by atoms with Crippen molar-refractivity contribution in [3.05, 3.63) is 0 Å². The van der Waals surface area contributed by atoms with Crippen LogP contribution in [0.1, 0.15) is 26.2 Å². The maximum atomic E-state index is 9.44. The van der Waals surface area contributed by atoms with Crippen LogP contribution in [0.2, 0.25) is 0 Å². The summed E-state index contributed by atoms with van der Waals surface area (Å²) in [6, 6.07) is 0. The second-order valence-electron chi connectivity index (χ2n) is 1.45. The van der Waals surface area contributed by atoms with Gasteiger partial charge in [-0.2, -0.15) is 6.42 Å². The second-order valence-corrected chi connectivity index (χ2v) is 2.46. The topological polar surface area (TPSA) is 68.3 Å². The summed E-state index contributed by atoms with van der Waals surface area (Å²) in [6.45, 7) is 2.05. The number of hydrogen-bond donors (Lipinski definition) is 0. The van der Waals surface area contributed by atoms with E-state index in [1.54, 1.807) is 0 Å². The molecule has 0 heterocycles. The summed E-state index contributed by atoms with van der Waals surface area (Å²) >= 11 is -4.11. The molecule has 0 saturated carbocycles. The third-order valence-corrected chi connectivity index (χ3v) is 0.632. The van der Waals surface area contributed by atoms with Crippen molar-refractivity contribution in [1.29, 1.82) is 0 Å². The summed E-state index contributed by atoms with van der Waals surface area (Å²) in [4.78, 5) is 9.44. The van der Waals surface area contributed by atoms with Gasteiger partial charge in [-0.15, -0.1) is 0 Å². The van der Waals surface area contributed by atoms with E-state index < -0.39 is 17.2 Å². The molecule has 0 aromatic heterocycles. The van der Waals surface area contributed by atoms with Crippen LogP contribution in [0.15, 0.2) is 0 Å². The summed E-state index contributed by atoms with van der Waals surface area (Å²) in [5, 5.41) is 0. The van der Waals surface area contributed by atoms with Crippen molar-refractivity contribution >= 4 is 6.29 Å². The first-order chi connectivity index (χ1) is 4.65. The molecular weight excluding hydrogens is 271 g/mol. The van der Waals surface area contributed by atoms with E-state index in [0.717, 1.165) is 12.8 Å². The predicted molar refractivity (Wildman–Crippen MR) is 27.3 cm³/mol. The molecule has 0 saturated heterocycles. The normalized spacial score (nSPS) is 6.64. The van der Waals surface area contributed by atoms with Gasteiger partial charge in [-0.05, 0) is 0 Å². The summed E-state index contributed by atoms with van der Waals surface area (Å²) in [7, 11) is 0. The Kier molecular flexibility index (Phi) is 26.5. The third-order valence-electron chi connectivity index (χ3n) is 0.632. The Balaban J connectivity index is -0.000000114. The van der Waals surface area contributed by atoms with Crippen molar-refractivity contribution in [1.82, 2.24) is 0 Å². The van der Waals surface area contributed by atoms with Crippen molar-refractivity contribution in [2.24, 2.45) is 0 Å². The summed E-state index contributed by atoms with van der Waals surface area (Å²) in [5.74, 6) is 0. The molecule has 0 rings (SSSR count). The fourth-order valence-electron chi connectivity index (χ4n) is 0.249. The molecule has 4 nitrogen and oxygen atoms in total. The zero-order valence-electron chi connectivity index (χ0n) is 6.11. The molecule has 0 aliphatic rings. The maximum absolute atomic E-state index is 9.44. The Morgan fingerprint density at radius 1 is 1.27 bits per heavy atom. The minimum atomic E-state index is -4.11. The quantitative estimate of drug-likeness (QED) is 0.438. The van der Waals surface area contributed by atoms with Crippen molar-refractivity contribution in [3.8, 4) is 0 Å². The van der Waals surface area contributed by atoms with Crippen molar-refractivity contribution in [2.45, 2.75) is 26.2 Å². The Morgan fingerprint density at radius 3 is 1.73 bits per heavy atom. The van der Waals surface area contributed by atoms with Gasteiger partial charge in [-0.3, -0.25) is 6.29 Å². The monoisotopic (exact) mass is 282 g/mol. The van der Waals surface area contributed by atoms with Crippen LogP contribution >= 0.6 is 0 Å². The molecule has 0 aromatic rings. The van der Waals surface area contributed by atoms with Crippen LogP contribution < -0.4 is 0 Å². The second kappa shape index (κ2) is 16.7. The van der Waals surface area contributed by atoms with E-state index in [1.807, 2.05) is 6.29 Å². The molecule has 0 N–H and O–H groups in total. The van der Waals surface area contributed by atoms with Crippen LogP contribution in [0.25, 0.3) is 0 Å². The number of unbranched alkanes of at least 4 members (excludes halogenated alkanes) is 2. The summed E-state index contributed by atoms with van der Waals surface area (Å²) in [5.41, 5.74) is 0. The van der Waals surface area contributed by atoms with Gasteiger partial charge < -0.3 is 4.79 Å². The average molecular weight is 280 g/mol. The van der Waals surface area contributed by atoms with Crippen molar-refractivity contribution in [3.63, 3.8) is 0 Å². The summed E-state index contributed by atoms with van der Waals surface area (Å²) < 4.78 is 25.8. The fraction of sp³-hybridized carbons (Fsp3) is 0.800. The molecule has 1 radical (unpaired) electrons. The van der Waals surface area contributed by atoms with E-state index in [0.29, 0.717) is 6.42 Å². The molecule has 0 atom stereocenters. The number of rotatable bonds is 3. The van der Waals surface area contributed by atoms with Gasteiger partial charge in [0, 0.05) is 18.6 Å². The summed E-state index contributed by atoms with van der Waals surface area (Å²) in [6.07, 6.45) is 4.51. The third kappa shape index (κ3) is 64.4. The SMILES string of the molecule is CCCC[C-]=O.[O]=[Mo](=[O])=[O].[V]. The van der Waals surface area contributed by atoms with E-state index in [-0.39, 0.29) is 18.6 Å². The van der Waals surface area contributed by atoms with Gasteiger partial charge in [-0.1, -0.05) is 19.8 Å². The van der Waals surface area contributed by atoms with Crippen molar-refractivity contribution < 1.29 is 50.7 Å². The van der Waals surface area contributed by atoms with Crippen LogP contribution in [-0.4, -0.2) is 6.29 Å². The Labute approximate surface area is 83.1 Å². The van der Waals surface area contributed by atoms with E-state index in [9.17, 15) is 4.79 Å². The maximum Gasteiger partial charge on any atom is 0 e. The minimum Gasteiger partial charge on any atom is 0 e. The first-order valence-electron chi connectivity index (χ1n) is 2.76. The van der Waals surface area contributed by atoms with Crippen LogP contribution in [0.4, 0.5) is 0 Å². The van der Waals surface area contributed by atoms with Crippen LogP contribution in [0, 0.1) is 0 Å². The van der Waals surface area contributed by atoms with Gasteiger partial charge in [0.1, 0.15) is 0 Å². The molecule has 0 spiro atoms. The molecule has 0 aliphatic heterocycles. The smallest absolute Gasteiger partial charge is 0 e. The number of carbonyl (C=O) groups excluding carboxylic acids is 1. The van der Waals surface area contributed by atoms with Gasteiger partial charge in [0.15, 0.2) is 0 Å². The zero-order valence-corrected chi connectivity index (χ0v) is 9.51. The predicted octanol–water partition coefficient (Wildman–Crippen LogP) is 0.925. The Bertz CT molecular complexity index is 153. The van der Waals surface area contributed by atoms with E-state index in [1.165, 1.54) is 0 Å². The first-order valence-corrected chi connectivity index (χ1v) is 5.22.